The highest BCUT2D eigenvalue weighted by Crippen LogP contribution is 2.24. The summed E-state index contributed by atoms with van der Waals surface area (Å²) in [5, 5.41) is 11.4. The molecule has 0 radical (unpaired) electrons. The summed E-state index contributed by atoms with van der Waals surface area (Å²) >= 11 is 0. The molecule has 4 nitrogen and oxygen atoms in total. The Morgan fingerprint density at radius 1 is 1.00 bits per heavy atom. The van der Waals surface area contributed by atoms with E-state index in [1.165, 1.54) is 18.2 Å². The fraction of sp³-hybridized carbons (Fsp3) is 0.125. The van der Waals surface area contributed by atoms with Gasteiger partial charge in [-0.1, -0.05) is 12.1 Å². The molecule has 0 heterocycles. The lowest BCUT2D eigenvalue weighted by molar-refractivity contribution is 0.0691. The third kappa shape index (κ3) is 3.11. The standard InChI is InChI=1S/C16H13F2NO3/c1-2-19-15(20)11-5-3-10(8-14(11)18)9-4-6-13(17)12(7-9)16(21)22/h3-8H,2H2,1H3,(H,19,20)(H,21,22). The zero-order valence-electron chi connectivity index (χ0n) is 11.7. The van der Waals surface area contributed by atoms with E-state index in [-0.39, 0.29) is 5.56 Å². The van der Waals surface area contributed by atoms with Crippen molar-refractivity contribution in [2.45, 2.75) is 6.92 Å². The monoisotopic (exact) mass is 305 g/mol. The van der Waals surface area contributed by atoms with Crippen LogP contribution in [-0.4, -0.2) is 23.5 Å². The van der Waals surface area contributed by atoms with Gasteiger partial charge in [-0.2, -0.15) is 0 Å². The molecule has 0 fully saturated rings. The van der Waals surface area contributed by atoms with Gasteiger partial charge >= 0.3 is 5.97 Å². The number of carboxylic acids is 1. The molecule has 2 N–H and O–H groups in total. The summed E-state index contributed by atoms with van der Waals surface area (Å²) in [5.74, 6) is -3.53. The minimum Gasteiger partial charge on any atom is -0.478 e. The minimum atomic E-state index is -1.40. The summed E-state index contributed by atoms with van der Waals surface area (Å²) < 4.78 is 27.4. The van der Waals surface area contributed by atoms with E-state index in [2.05, 4.69) is 5.32 Å². The number of amides is 1. The lowest BCUT2D eigenvalue weighted by atomic mass is 10.0. The number of hydrogen-bond acceptors (Lipinski definition) is 2. The van der Waals surface area contributed by atoms with Gasteiger partial charge in [0.1, 0.15) is 11.6 Å². The number of hydrogen-bond donors (Lipinski definition) is 2. The number of aromatic carboxylic acids is 1. The fourth-order valence-electron chi connectivity index (χ4n) is 2.00. The first-order chi connectivity index (χ1) is 10.4. The van der Waals surface area contributed by atoms with Gasteiger partial charge in [-0.25, -0.2) is 13.6 Å². The van der Waals surface area contributed by atoms with Gasteiger partial charge in [0.2, 0.25) is 0 Å². The van der Waals surface area contributed by atoms with Gasteiger partial charge in [0.25, 0.3) is 5.91 Å². The summed E-state index contributed by atoms with van der Waals surface area (Å²) in [6, 6.07) is 7.38. The Morgan fingerprint density at radius 2 is 1.64 bits per heavy atom. The lowest BCUT2D eigenvalue weighted by Gasteiger charge is -2.08. The number of nitrogens with one attached hydrogen (secondary N) is 1. The molecule has 0 atom stereocenters. The summed E-state index contributed by atoms with van der Waals surface area (Å²) in [7, 11) is 0. The molecule has 0 aliphatic carbocycles. The highest BCUT2D eigenvalue weighted by Gasteiger charge is 2.14. The zero-order chi connectivity index (χ0) is 16.3. The number of carbonyl (C=O) groups excluding carboxylic acids is 1. The average molecular weight is 305 g/mol. The molecule has 0 aromatic heterocycles. The summed E-state index contributed by atoms with van der Waals surface area (Å²) in [5.41, 5.74) is 0.102. The highest BCUT2D eigenvalue weighted by molar-refractivity contribution is 5.95. The highest BCUT2D eigenvalue weighted by atomic mass is 19.1. The third-order valence-electron chi connectivity index (χ3n) is 3.08. The van der Waals surface area contributed by atoms with Crippen molar-refractivity contribution in [1.29, 1.82) is 0 Å². The Bertz CT molecular complexity index is 744. The molecule has 0 saturated heterocycles. The molecule has 2 rings (SSSR count). The van der Waals surface area contributed by atoms with Crippen molar-refractivity contribution in [1.82, 2.24) is 5.32 Å². The van der Waals surface area contributed by atoms with Crippen molar-refractivity contribution in [3.63, 3.8) is 0 Å². The smallest absolute Gasteiger partial charge is 0.338 e. The quantitative estimate of drug-likeness (QED) is 0.912. The Kier molecular flexibility index (Phi) is 4.50. The van der Waals surface area contributed by atoms with Crippen molar-refractivity contribution in [3.8, 4) is 11.1 Å². The minimum absolute atomic E-state index is 0.105. The van der Waals surface area contributed by atoms with Gasteiger partial charge in [0, 0.05) is 6.54 Å². The normalized spacial score (nSPS) is 10.3. The molecular weight excluding hydrogens is 292 g/mol. The first kappa shape index (κ1) is 15.6. The van der Waals surface area contributed by atoms with E-state index in [9.17, 15) is 18.4 Å². The molecule has 22 heavy (non-hydrogen) atoms. The van der Waals surface area contributed by atoms with Crippen LogP contribution in [0.3, 0.4) is 0 Å². The molecule has 0 unspecified atom stereocenters. The van der Waals surface area contributed by atoms with Gasteiger partial charge in [-0.15, -0.1) is 0 Å². The SMILES string of the molecule is CCNC(=O)c1ccc(-c2ccc(F)c(C(=O)O)c2)cc1F. The summed E-state index contributed by atoms with van der Waals surface area (Å²) in [6.07, 6.45) is 0. The van der Waals surface area contributed by atoms with E-state index in [0.29, 0.717) is 17.7 Å². The van der Waals surface area contributed by atoms with Gasteiger partial charge < -0.3 is 10.4 Å². The molecule has 0 spiro atoms. The van der Waals surface area contributed by atoms with E-state index in [4.69, 9.17) is 5.11 Å². The van der Waals surface area contributed by atoms with Crippen LogP contribution in [0.5, 0.6) is 0 Å². The molecule has 0 saturated carbocycles. The van der Waals surface area contributed by atoms with Crippen LogP contribution in [0.25, 0.3) is 11.1 Å². The largest absolute Gasteiger partial charge is 0.478 e. The number of benzene rings is 2. The van der Waals surface area contributed by atoms with Crippen molar-refractivity contribution < 1.29 is 23.5 Å². The van der Waals surface area contributed by atoms with Crippen LogP contribution in [0, 0.1) is 11.6 Å². The molecular formula is C16H13F2NO3. The average Bonchev–Trinajstić information content (AvgIpc) is 2.47. The maximum absolute atomic E-state index is 14.0. The Labute approximate surface area is 125 Å². The van der Waals surface area contributed by atoms with Gasteiger partial charge in [0.15, 0.2) is 0 Å². The summed E-state index contributed by atoms with van der Waals surface area (Å²) in [6.45, 7) is 2.09. The topological polar surface area (TPSA) is 66.4 Å². The van der Waals surface area contributed by atoms with E-state index in [1.54, 1.807) is 6.92 Å². The van der Waals surface area contributed by atoms with Crippen LogP contribution < -0.4 is 5.32 Å². The van der Waals surface area contributed by atoms with Crippen molar-refractivity contribution in [3.05, 3.63) is 59.2 Å². The Morgan fingerprint density at radius 3 is 2.23 bits per heavy atom. The van der Waals surface area contributed by atoms with Crippen LogP contribution >= 0.6 is 0 Å². The molecule has 0 aliphatic heterocycles. The van der Waals surface area contributed by atoms with Gasteiger partial charge in [-0.05, 0) is 42.3 Å². The van der Waals surface area contributed by atoms with Crippen LogP contribution in [0.1, 0.15) is 27.6 Å². The Hall–Kier alpha value is -2.76. The fourth-order valence-corrected chi connectivity index (χ4v) is 2.00. The van der Waals surface area contributed by atoms with E-state index in [0.717, 1.165) is 18.2 Å². The Balaban J connectivity index is 2.42. The molecule has 114 valence electrons. The van der Waals surface area contributed by atoms with E-state index in [1.807, 2.05) is 0 Å². The molecule has 6 heteroatoms. The molecule has 0 bridgehead atoms. The first-order valence-electron chi connectivity index (χ1n) is 6.55. The van der Waals surface area contributed by atoms with Crippen LogP contribution in [0.4, 0.5) is 8.78 Å². The number of rotatable bonds is 4. The second-order valence-corrected chi connectivity index (χ2v) is 4.55. The van der Waals surface area contributed by atoms with Crippen molar-refractivity contribution >= 4 is 11.9 Å². The van der Waals surface area contributed by atoms with E-state index >= 15 is 0 Å². The number of carbonyl (C=O) groups is 2. The van der Waals surface area contributed by atoms with Gasteiger partial charge in [0.05, 0.1) is 11.1 Å². The number of carboxylic acid groups (broad SMARTS) is 1. The number of halogens is 2. The molecule has 0 aliphatic rings. The van der Waals surface area contributed by atoms with Gasteiger partial charge in [-0.3, -0.25) is 4.79 Å². The second-order valence-electron chi connectivity index (χ2n) is 4.55. The van der Waals surface area contributed by atoms with Crippen molar-refractivity contribution in [2.24, 2.45) is 0 Å². The van der Waals surface area contributed by atoms with Crippen LogP contribution in [0.15, 0.2) is 36.4 Å². The predicted molar refractivity (Wildman–Crippen MR) is 76.8 cm³/mol. The van der Waals surface area contributed by atoms with Crippen LogP contribution in [-0.2, 0) is 0 Å². The van der Waals surface area contributed by atoms with Crippen molar-refractivity contribution in [2.75, 3.05) is 6.54 Å². The molecule has 2 aromatic rings. The van der Waals surface area contributed by atoms with Crippen LogP contribution in [0.2, 0.25) is 0 Å². The lowest BCUT2D eigenvalue weighted by Crippen LogP contribution is -2.23. The third-order valence-corrected chi connectivity index (χ3v) is 3.08. The first-order valence-corrected chi connectivity index (χ1v) is 6.55. The maximum atomic E-state index is 14.0. The van der Waals surface area contributed by atoms with E-state index < -0.39 is 29.1 Å². The predicted octanol–water partition coefficient (Wildman–Crippen LogP) is 3.08. The molecule has 2 aromatic carbocycles. The zero-order valence-corrected chi connectivity index (χ0v) is 11.7. The second kappa shape index (κ2) is 6.34. The summed E-state index contributed by atoms with van der Waals surface area (Å²) in [4.78, 5) is 22.5. The maximum Gasteiger partial charge on any atom is 0.338 e. The molecule has 1 amide bonds.